The molecule has 102 valence electrons. The van der Waals surface area contributed by atoms with Gasteiger partial charge in [0.05, 0.1) is 12.3 Å². The van der Waals surface area contributed by atoms with Crippen LogP contribution in [-0.4, -0.2) is 11.8 Å². The van der Waals surface area contributed by atoms with Crippen molar-refractivity contribution in [3.8, 4) is 5.75 Å². The number of aryl methyl sites for hydroxylation is 2. The molecule has 0 fully saturated rings. The lowest BCUT2D eigenvalue weighted by atomic mass is 10.2. The quantitative estimate of drug-likeness (QED) is 0.860. The highest BCUT2D eigenvalue weighted by Gasteiger charge is 2.08. The topological polar surface area (TPSA) is 47.3 Å². The van der Waals surface area contributed by atoms with Crippen LogP contribution in [0.25, 0.3) is 0 Å². The Morgan fingerprint density at radius 1 is 1.21 bits per heavy atom. The van der Waals surface area contributed by atoms with Crippen LogP contribution in [0.2, 0.25) is 0 Å². The van der Waals surface area contributed by atoms with Crippen LogP contribution < -0.4 is 10.1 Å². The number of hydrogen-bond donors (Lipinski definition) is 1. The summed E-state index contributed by atoms with van der Waals surface area (Å²) in [4.78, 5) is 0. The Morgan fingerprint density at radius 2 is 1.95 bits per heavy atom. The molecule has 1 aromatic carbocycles. The number of aromatic nitrogens is 1. The number of benzene rings is 1. The highest BCUT2D eigenvalue weighted by Crippen LogP contribution is 2.18. The van der Waals surface area contributed by atoms with Crippen molar-refractivity contribution in [1.29, 1.82) is 0 Å². The monoisotopic (exact) mass is 260 g/mol. The van der Waals surface area contributed by atoms with E-state index in [0.29, 0.717) is 0 Å². The molecule has 0 amide bonds. The fourth-order valence-electron chi connectivity index (χ4n) is 1.83. The Bertz CT molecular complexity index is 498. The van der Waals surface area contributed by atoms with Crippen LogP contribution in [-0.2, 0) is 6.54 Å². The number of anilines is 1. The van der Waals surface area contributed by atoms with Crippen molar-refractivity contribution in [1.82, 2.24) is 5.16 Å². The molecule has 0 radical (unpaired) electrons. The molecule has 2 aromatic rings. The molecule has 1 N–H and O–H groups in total. The number of hydrogen-bond acceptors (Lipinski definition) is 4. The van der Waals surface area contributed by atoms with Crippen molar-refractivity contribution in [2.45, 2.75) is 33.7 Å². The van der Waals surface area contributed by atoms with Crippen LogP contribution in [0.5, 0.6) is 5.75 Å². The van der Waals surface area contributed by atoms with Crippen molar-refractivity contribution < 1.29 is 9.26 Å². The van der Waals surface area contributed by atoms with Gasteiger partial charge < -0.3 is 14.6 Å². The minimum atomic E-state index is 0.719. The van der Waals surface area contributed by atoms with Gasteiger partial charge >= 0.3 is 0 Å². The van der Waals surface area contributed by atoms with Crippen LogP contribution >= 0.6 is 0 Å². The molecular weight excluding hydrogens is 240 g/mol. The largest absolute Gasteiger partial charge is 0.494 e. The van der Waals surface area contributed by atoms with Crippen LogP contribution in [0, 0.1) is 13.8 Å². The van der Waals surface area contributed by atoms with E-state index in [1.54, 1.807) is 0 Å². The number of rotatable bonds is 6. The molecular formula is C15H20N2O2. The summed E-state index contributed by atoms with van der Waals surface area (Å²) in [5.41, 5.74) is 3.11. The zero-order valence-corrected chi connectivity index (χ0v) is 11.7. The summed E-state index contributed by atoms with van der Waals surface area (Å²) >= 11 is 0. The maximum absolute atomic E-state index is 5.55. The third-order valence-corrected chi connectivity index (χ3v) is 2.98. The van der Waals surface area contributed by atoms with E-state index in [0.717, 1.165) is 48.0 Å². The van der Waals surface area contributed by atoms with Gasteiger partial charge in [0.2, 0.25) is 0 Å². The lowest BCUT2D eigenvalue weighted by molar-refractivity contribution is 0.317. The molecule has 0 saturated carbocycles. The molecule has 0 saturated heterocycles. The average molecular weight is 260 g/mol. The van der Waals surface area contributed by atoms with Crippen LogP contribution in [0.1, 0.15) is 30.4 Å². The number of nitrogens with zero attached hydrogens (tertiary/aromatic N) is 1. The average Bonchev–Trinajstić information content (AvgIpc) is 2.75. The van der Waals surface area contributed by atoms with Gasteiger partial charge in [-0.15, -0.1) is 0 Å². The summed E-state index contributed by atoms with van der Waals surface area (Å²) < 4.78 is 10.7. The van der Waals surface area contributed by atoms with E-state index in [2.05, 4.69) is 17.4 Å². The van der Waals surface area contributed by atoms with Crippen molar-refractivity contribution >= 4 is 5.69 Å². The molecule has 0 aliphatic heterocycles. The molecule has 0 bridgehead atoms. The summed E-state index contributed by atoms with van der Waals surface area (Å²) in [5, 5.41) is 7.30. The van der Waals surface area contributed by atoms with Gasteiger partial charge in [-0.3, -0.25) is 0 Å². The Labute approximate surface area is 113 Å². The molecule has 0 aliphatic carbocycles. The summed E-state index contributed by atoms with van der Waals surface area (Å²) in [5.74, 6) is 1.78. The number of ether oxygens (including phenoxy) is 1. The van der Waals surface area contributed by atoms with E-state index < -0.39 is 0 Å². The Morgan fingerprint density at radius 3 is 2.53 bits per heavy atom. The van der Waals surface area contributed by atoms with Gasteiger partial charge in [0.1, 0.15) is 11.5 Å². The minimum absolute atomic E-state index is 0.719. The molecule has 0 atom stereocenters. The van der Waals surface area contributed by atoms with E-state index in [-0.39, 0.29) is 0 Å². The predicted octanol–water partition coefficient (Wildman–Crippen LogP) is 3.69. The summed E-state index contributed by atoms with van der Waals surface area (Å²) in [6.45, 7) is 7.45. The summed E-state index contributed by atoms with van der Waals surface area (Å²) in [6, 6.07) is 7.99. The fraction of sp³-hybridized carbons (Fsp3) is 0.400. The van der Waals surface area contributed by atoms with Crippen molar-refractivity contribution in [3.05, 3.63) is 41.3 Å². The predicted molar refractivity (Wildman–Crippen MR) is 75.5 cm³/mol. The smallest absolute Gasteiger partial charge is 0.138 e. The first-order valence-electron chi connectivity index (χ1n) is 6.59. The molecule has 19 heavy (non-hydrogen) atoms. The molecule has 4 heteroatoms. The third-order valence-electron chi connectivity index (χ3n) is 2.98. The summed E-state index contributed by atoms with van der Waals surface area (Å²) in [6.07, 6.45) is 1.02. The maximum atomic E-state index is 5.55. The first kappa shape index (κ1) is 13.5. The molecule has 1 aromatic heterocycles. The van der Waals surface area contributed by atoms with Crippen LogP contribution in [0.4, 0.5) is 5.69 Å². The van der Waals surface area contributed by atoms with Gasteiger partial charge in [0.25, 0.3) is 0 Å². The number of nitrogens with one attached hydrogen (secondary N) is 1. The lowest BCUT2D eigenvalue weighted by Crippen LogP contribution is -2.01. The van der Waals surface area contributed by atoms with Crippen LogP contribution in [0.3, 0.4) is 0 Å². The second-order valence-corrected chi connectivity index (χ2v) is 4.53. The van der Waals surface area contributed by atoms with E-state index in [1.807, 2.05) is 38.1 Å². The van der Waals surface area contributed by atoms with E-state index >= 15 is 0 Å². The standard InChI is InChI=1S/C15H20N2O2/c1-4-9-18-14-7-5-13(6-8-14)16-10-15-11(2)17-19-12(15)3/h5-8,16H,4,9-10H2,1-3H3. The zero-order chi connectivity index (χ0) is 13.7. The van der Waals surface area contributed by atoms with Crippen molar-refractivity contribution in [3.63, 3.8) is 0 Å². The first-order chi connectivity index (χ1) is 9.20. The van der Waals surface area contributed by atoms with Gasteiger partial charge in [-0.05, 0) is 44.5 Å². The van der Waals surface area contributed by atoms with Gasteiger partial charge in [0.15, 0.2) is 0 Å². The SMILES string of the molecule is CCCOc1ccc(NCc2c(C)noc2C)cc1. The Hall–Kier alpha value is -1.97. The molecule has 0 aliphatic rings. The van der Waals surface area contributed by atoms with Crippen molar-refractivity contribution in [2.75, 3.05) is 11.9 Å². The van der Waals surface area contributed by atoms with Crippen LogP contribution in [0.15, 0.2) is 28.8 Å². The second kappa shape index (κ2) is 6.27. The van der Waals surface area contributed by atoms with Gasteiger partial charge in [0, 0.05) is 17.8 Å². The summed E-state index contributed by atoms with van der Waals surface area (Å²) in [7, 11) is 0. The van der Waals surface area contributed by atoms with Gasteiger partial charge in [-0.25, -0.2) is 0 Å². The minimum Gasteiger partial charge on any atom is -0.494 e. The van der Waals surface area contributed by atoms with E-state index in [4.69, 9.17) is 9.26 Å². The Balaban J connectivity index is 1.93. The van der Waals surface area contributed by atoms with E-state index in [1.165, 1.54) is 0 Å². The fourth-order valence-corrected chi connectivity index (χ4v) is 1.83. The highest BCUT2D eigenvalue weighted by molar-refractivity contribution is 5.47. The van der Waals surface area contributed by atoms with Crippen molar-refractivity contribution in [2.24, 2.45) is 0 Å². The first-order valence-corrected chi connectivity index (χ1v) is 6.59. The molecule has 4 nitrogen and oxygen atoms in total. The maximum Gasteiger partial charge on any atom is 0.138 e. The molecule has 1 heterocycles. The molecule has 0 spiro atoms. The highest BCUT2D eigenvalue weighted by atomic mass is 16.5. The lowest BCUT2D eigenvalue weighted by Gasteiger charge is -2.08. The zero-order valence-electron chi connectivity index (χ0n) is 11.7. The molecule has 2 rings (SSSR count). The second-order valence-electron chi connectivity index (χ2n) is 4.53. The third kappa shape index (κ3) is 3.50. The Kier molecular flexibility index (Phi) is 4.44. The normalized spacial score (nSPS) is 10.5. The van der Waals surface area contributed by atoms with Gasteiger partial charge in [-0.2, -0.15) is 0 Å². The van der Waals surface area contributed by atoms with E-state index in [9.17, 15) is 0 Å². The van der Waals surface area contributed by atoms with Gasteiger partial charge in [-0.1, -0.05) is 12.1 Å². The molecule has 0 unspecified atom stereocenters.